The molecule has 1 heterocycles. The topological polar surface area (TPSA) is 50.4 Å². The van der Waals surface area contributed by atoms with Crippen LogP contribution in [0.15, 0.2) is 24.3 Å². The largest absolute Gasteiger partial charge is 0.368 e. The molecule has 110 valence electrons. The van der Waals surface area contributed by atoms with E-state index >= 15 is 0 Å². The molecule has 2 rings (SSSR count). The minimum absolute atomic E-state index is 0.0715. The molecule has 1 saturated heterocycles. The molecule has 1 aromatic carbocycles. The molecule has 1 atom stereocenters. The van der Waals surface area contributed by atoms with Crippen LogP contribution < -0.4 is 10.6 Å². The number of benzene rings is 1. The first-order valence-corrected chi connectivity index (χ1v) is 7.40. The van der Waals surface area contributed by atoms with E-state index in [2.05, 4.69) is 10.6 Å². The summed E-state index contributed by atoms with van der Waals surface area (Å²) in [5.41, 5.74) is 0.993. The van der Waals surface area contributed by atoms with E-state index in [1.807, 2.05) is 31.2 Å². The highest BCUT2D eigenvalue weighted by Crippen LogP contribution is 2.17. The highest BCUT2D eigenvalue weighted by atomic mass is 35.5. The van der Waals surface area contributed by atoms with Crippen LogP contribution in [0.2, 0.25) is 5.02 Å². The van der Waals surface area contributed by atoms with E-state index in [0.717, 1.165) is 31.5 Å². The van der Waals surface area contributed by atoms with Gasteiger partial charge in [0.05, 0.1) is 12.1 Å². The van der Waals surface area contributed by atoms with Gasteiger partial charge < -0.3 is 15.4 Å². The molecule has 1 fully saturated rings. The van der Waals surface area contributed by atoms with Crippen molar-refractivity contribution in [2.24, 2.45) is 0 Å². The van der Waals surface area contributed by atoms with Crippen molar-refractivity contribution >= 4 is 17.5 Å². The van der Waals surface area contributed by atoms with Gasteiger partial charge in [0.2, 0.25) is 5.91 Å². The predicted molar refractivity (Wildman–Crippen MR) is 79.9 cm³/mol. The second-order valence-corrected chi connectivity index (χ2v) is 5.54. The molecular weight excluding hydrogens is 276 g/mol. The zero-order valence-corrected chi connectivity index (χ0v) is 12.5. The number of halogens is 1. The van der Waals surface area contributed by atoms with Crippen molar-refractivity contribution in [3.63, 3.8) is 0 Å². The van der Waals surface area contributed by atoms with Crippen molar-refractivity contribution in [1.82, 2.24) is 10.6 Å². The molecule has 1 amide bonds. The molecule has 0 saturated carbocycles. The summed E-state index contributed by atoms with van der Waals surface area (Å²) in [5.74, 6) is -0.0870. The fourth-order valence-electron chi connectivity index (χ4n) is 2.30. The lowest BCUT2D eigenvalue weighted by Crippen LogP contribution is -2.36. The molecule has 0 bridgehead atoms. The van der Waals surface area contributed by atoms with Gasteiger partial charge in [0.1, 0.15) is 6.61 Å². The Labute approximate surface area is 124 Å². The summed E-state index contributed by atoms with van der Waals surface area (Å²) in [6.45, 7) is 3.99. The maximum absolute atomic E-state index is 11.9. The van der Waals surface area contributed by atoms with Gasteiger partial charge in [-0.3, -0.25) is 4.79 Å². The van der Waals surface area contributed by atoms with Crippen LogP contribution in [-0.2, 0) is 9.53 Å². The van der Waals surface area contributed by atoms with Gasteiger partial charge in [-0.05, 0) is 50.6 Å². The van der Waals surface area contributed by atoms with Crippen molar-refractivity contribution in [2.45, 2.75) is 31.9 Å². The zero-order valence-electron chi connectivity index (χ0n) is 11.7. The minimum atomic E-state index is -0.0870. The van der Waals surface area contributed by atoms with Gasteiger partial charge in [0.25, 0.3) is 0 Å². The van der Waals surface area contributed by atoms with E-state index in [9.17, 15) is 4.79 Å². The Morgan fingerprint density at radius 3 is 2.95 bits per heavy atom. The molecule has 2 N–H and O–H groups in total. The van der Waals surface area contributed by atoms with E-state index < -0.39 is 0 Å². The SMILES string of the molecule is C[C@H](NC(=O)COC1CCNCC1)c1cccc(Cl)c1. The van der Waals surface area contributed by atoms with Gasteiger partial charge >= 0.3 is 0 Å². The van der Waals surface area contributed by atoms with E-state index in [-0.39, 0.29) is 24.7 Å². The van der Waals surface area contributed by atoms with Crippen LogP contribution in [0.4, 0.5) is 0 Å². The number of amides is 1. The van der Waals surface area contributed by atoms with E-state index in [4.69, 9.17) is 16.3 Å². The van der Waals surface area contributed by atoms with Crippen LogP contribution in [0.25, 0.3) is 0 Å². The summed E-state index contributed by atoms with van der Waals surface area (Å²) >= 11 is 5.94. The molecule has 4 nitrogen and oxygen atoms in total. The molecule has 20 heavy (non-hydrogen) atoms. The fraction of sp³-hybridized carbons (Fsp3) is 0.533. The van der Waals surface area contributed by atoms with Gasteiger partial charge in [-0.25, -0.2) is 0 Å². The first-order chi connectivity index (χ1) is 9.65. The molecule has 5 heteroatoms. The Morgan fingerprint density at radius 1 is 1.50 bits per heavy atom. The van der Waals surface area contributed by atoms with Crippen LogP contribution in [-0.4, -0.2) is 31.7 Å². The van der Waals surface area contributed by atoms with Crippen molar-refractivity contribution in [2.75, 3.05) is 19.7 Å². The van der Waals surface area contributed by atoms with Crippen molar-refractivity contribution < 1.29 is 9.53 Å². The maximum atomic E-state index is 11.9. The molecule has 1 aromatic rings. The number of nitrogens with one attached hydrogen (secondary N) is 2. The van der Waals surface area contributed by atoms with Crippen molar-refractivity contribution in [3.8, 4) is 0 Å². The van der Waals surface area contributed by atoms with E-state index in [1.165, 1.54) is 0 Å². The minimum Gasteiger partial charge on any atom is -0.368 e. The lowest BCUT2D eigenvalue weighted by Gasteiger charge is -2.23. The number of carbonyl (C=O) groups excluding carboxylic acids is 1. The standard InChI is InChI=1S/C15H21ClN2O2/c1-11(12-3-2-4-13(16)9-12)18-15(19)10-20-14-5-7-17-8-6-14/h2-4,9,11,14,17H,5-8,10H2,1H3,(H,18,19)/t11-/m0/s1. The molecule has 0 unspecified atom stereocenters. The third-order valence-corrected chi connectivity index (χ3v) is 3.70. The Bertz CT molecular complexity index is 447. The molecule has 0 aliphatic carbocycles. The second-order valence-electron chi connectivity index (χ2n) is 5.10. The van der Waals surface area contributed by atoms with Gasteiger partial charge in [-0.1, -0.05) is 23.7 Å². The van der Waals surface area contributed by atoms with E-state index in [0.29, 0.717) is 5.02 Å². The Hall–Kier alpha value is -1.10. The van der Waals surface area contributed by atoms with Crippen LogP contribution in [0.3, 0.4) is 0 Å². The van der Waals surface area contributed by atoms with Crippen LogP contribution in [0.1, 0.15) is 31.4 Å². The monoisotopic (exact) mass is 296 g/mol. The van der Waals surface area contributed by atoms with E-state index in [1.54, 1.807) is 0 Å². The molecular formula is C15H21ClN2O2. The summed E-state index contributed by atoms with van der Waals surface area (Å²) < 4.78 is 5.63. The molecule has 0 radical (unpaired) electrons. The molecule has 0 aromatic heterocycles. The van der Waals surface area contributed by atoms with Gasteiger partial charge in [0, 0.05) is 5.02 Å². The number of carbonyl (C=O) groups is 1. The third-order valence-electron chi connectivity index (χ3n) is 3.46. The maximum Gasteiger partial charge on any atom is 0.246 e. The smallest absolute Gasteiger partial charge is 0.246 e. The van der Waals surface area contributed by atoms with Gasteiger partial charge in [0.15, 0.2) is 0 Å². The molecule has 1 aliphatic heterocycles. The summed E-state index contributed by atoms with van der Waals surface area (Å²) in [5, 5.41) is 6.87. The second kappa shape index (κ2) is 7.62. The van der Waals surface area contributed by atoms with Crippen LogP contribution in [0, 0.1) is 0 Å². The summed E-state index contributed by atoms with van der Waals surface area (Å²) in [6.07, 6.45) is 2.14. The highest BCUT2D eigenvalue weighted by molar-refractivity contribution is 6.30. The summed E-state index contributed by atoms with van der Waals surface area (Å²) in [7, 11) is 0. The number of ether oxygens (including phenoxy) is 1. The first kappa shape index (κ1) is 15.3. The number of rotatable bonds is 5. The van der Waals surface area contributed by atoms with Gasteiger partial charge in [-0.15, -0.1) is 0 Å². The Kier molecular flexibility index (Phi) is 5.83. The number of hydrogen-bond donors (Lipinski definition) is 2. The average molecular weight is 297 g/mol. The first-order valence-electron chi connectivity index (χ1n) is 7.02. The zero-order chi connectivity index (χ0) is 14.4. The molecule has 1 aliphatic rings. The predicted octanol–water partition coefficient (Wildman–Crippen LogP) is 2.29. The summed E-state index contributed by atoms with van der Waals surface area (Å²) in [4.78, 5) is 11.9. The van der Waals surface area contributed by atoms with Crippen molar-refractivity contribution in [3.05, 3.63) is 34.9 Å². The van der Waals surface area contributed by atoms with Gasteiger partial charge in [-0.2, -0.15) is 0 Å². The summed E-state index contributed by atoms with van der Waals surface area (Å²) in [6, 6.07) is 7.44. The average Bonchev–Trinajstić information content (AvgIpc) is 2.46. The van der Waals surface area contributed by atoms with Crippen LogP contribution >= 0.6 is 11.6 Å². The number of hydrogen-bond acceptors (Lipinski definition) is 3. The third kappa shape index (κ3) is 4.78. The Balaban J connectivity index is 1.76. The highest BCUT2D eigenvalue weighted by Gasteiger charge is 2.16. The van der Waals surface area contributed by atoms with Crippen molar-refractivity contribution in [1.29, 1.82) is 0 Å². The Morgan fingerprint density at radius 2 is 2.25 bits per heavy atom. The normalized spacial score (nSPS) is 17.7. The lowest BCUT2D eigenvalue weighted by atomic mass is 10.1. The quantitative estimate of drug-likeness (QED) is 0.876. The molecule has 0 spiro atoms. The fourth-order valence-corrected chi connectivity index (χ4v) is 2.50. The number of piperidine rings is 1. The van der Waals surface area contributed by atoms with Crippen LogP contribution in [0.5, 0.6) is 0 Å². The lowest BCUT2D eigenvalue weighted by molar-refractivity contribution is -0.128.